The summed E-state index contributed by atoms with van der Waals surface area (Å²) < 4.78 is 25.6. The van der Waals surface area contributed by atoms with Crippen molar-refractivity contribution in [2.45, 2.75) is 24.8 Å². The van der Waals surface area contributed by atoms with Crippen LogP contribution in [0.1, 0.15) is 13.8 Å². The van der Waals surface area contributed by atoms with Crippen molar-refractivity contribution in [3.63, 3.8) is 0 Å². The molecule has 0 unspecified atom stereocenters. The predicted octanol–water partition coefficient (Wildman–Crippen LogP) is 1.32. The number of nitrogen functional groups attached to an aromatic ring is 1. The van der Waals surface area contributed by atoms with Crippen LogP contribution >= 0.6 is 11.6 Å². The molecule has 0 bridgehead atoms. The minimum atomic E-state index is -4.03. The number of hydrogen-bond donors (Lipinski definition) is 3. The van der Waals surface area contributed by atoms with Gasteiger partial charge in [-0.25, -0.2) is 17.9 Å². The Balaban J connectivity index is 3.00. The summed E-state index contributed by atoms with van der Waals surface area (Å²) in [6.45, 7) is 3.42. The molecule has 0 fully saturated rings. The summed E-state index contributed by atoms with van der Waals surface area (Å²) >= 11 is 5.70. The van der Waals surface area contributed by atoms with E-state index in [-0.39, 0.29) is 21.6 Å². The molecule has 100 valence electrons. The minimum Gasteiger partial charge on any atom is -0.398 e. The van der Waals surface area contributed by atoms with Gasteiger partial charge < -0.3 is 11.1 Å². The molecule has 6 nitrogen and oxygen atoms in total. The summed E-state index contributed by atoms with van der Waals surface area (Å²) in [7, 11) is -4.03. The fourth-order valence-electron chi connectivity index (χ4n) is 1.21. The maximum absolute atomic E-state index is 11.9. The molecule has 0 heterocycles. The molecule has 18 heavy (non-hydrogen) atoms. The second-order valence-electron chi connectivity index (χ2n) is 3.92. The van der Waals surface area contributed by atoms with Crippen LogP contribution in [0.4, 0.5) is 10.5 Å². The fraction of sp³-hybridized carbons (Fsp3) is 0.300. The molecule has 0 spiro atoms. The lowest BCUT2D eigenvalue weighted by Crippen LogP contribution is -2.42. The molecule has 4 N–H and O–H groups in total. The van der Waals surface area contributed by atoms with Crippen molar-refractivity contribution in [1.29, 1.82) is 0 Å². The number of nitrogens with two attached hydrogens (primary N) is 1. The lowest BCUT2D eigenvalue weighted by Gasteiger charge is -2.12. The molecule has 0 aliphatic heterocycles. The summed E-state index contributed by atoms with van der Waals surface area (Å²) in [6.07, 6.45) is 0. The van der Waals surface area contributed by atoms with Crippen molar-refractivity contribution in [2.24, 2.45) is 0 Å². The first-order valence-electron chi connectivity index (χ1n) is 5.10. The highest BCUT2D eigenvalue weighted by Crippen LogP contribution is 2.22. The topological polar surface area (TPSA) is 101 Å². The Morgan fingerprint density at radius 3 is 2.56 bits per heavy atom. The van der Waals surface area contributed by atoms with E-state index >= 15 is 0 Å². The molecule has 1 aromatic carbocycles. The fourth-order valence-corrected chi connectivity index (χ4v) is 2.52. The minimum absolute atomic E-state index is 0.0178. The summed E-state index contributed by atoms with van der Waals surface area (Å²) in [5, 5.41) is 2.62. The van der Waals surface area contributed by atoms with Crippen molar-refractivity contribution < 1.29 is 13.2 Å². The molecule has 0 radical (unpaired) electrons. The van der Waals surface area contributed by atoms with Crippen LogP contribution in [-0.2, 0) is 10.0 Å². The van der Waals surface area contributed by atoms with Crippen molar-refractivity contribution in [1.82, 2.24) is 10.0 Å². The van der Waals surface area contributed by atoms with Gasteiger partial charge in [0.1, 0.15) is 4.90 Å². The third kappa shape index (κ3) is 3.78. The summed E-state index contributed by atoms with van der Waals surface area (Å²) in [4.78, 5) is 11.1. The Bertz CT molecular complexity index is 557. The molecule has 0 aromatic heterocycles. The van der Waals surface area contributed by atoms with E-state index in [2.05, 4.69) is 5.32 Å². The quantitative estimate of drug-likeness (QED) is 0.731. The summed E-state index contributed by atoms with van der Waals surface area (Å²) in [5.74, 6) is 0. The molecule has 0 aliphatic carbocycles. The highest BCUT2D eigenvalue weighted by Gasteiger charge is 2.20. The average molecular weight is 292 g/mol. The van der Waals surface area contributed by atoms with Gasteiger partial charge in [-0.15, -0.1) is 0 Å². The number of carbonyl (C=O) groups excluding carboxylic acids is 1. The van der Waals surface area contributed by atoms with Crippen LogP contribution in [0, 0.1) is 0 Å². The average Bonchev–Trinajstić information content (AvgIpc) is 2.19. The van der Waals surface area contributed by atoms with Gasteiger partial charge in [0.05, 0.1) is 5.69 Å². The summed E-state index contributed by atoms with van der Waals surface area (Å²) in [5.41, 5.74) is 5.56. The Hall–Kier alpha value is -1.47. The van der Waals surface area contributed by atoms with Crippen LogP contribution < -0.4 is 15.8 Å². The molecule has 0 aliphatic rings. The molecule has 0 atom stereocenters. The van der Waals surface area contributed by atoms with Gasteiger partial charge in [-0.05, 0) is 32.0 Å². The highest BCUT2D eigenvalue weighted by atomic mass is 35.5. The number of benzene rings is 1. The smallest absolute Gasteiger partial charge is 0.328 e. The van der Waals surface area contributed by atoms with E-state index in [4.69, 9.17) is 17.3 Å². The number of halogens is 1. The Kier molecular flexibility index (Phi) is 4.42. The number of sulfonamides is 1. The van der Waals surface area contributed by atoms with Crippen LogP contribution in [0.15, 0.2) is 23.1 Å². The van der Waals surface area contributed by atoms with E-state index in [1.807, 2.05) is 4.72 Å². The standard InChI is InChI=1S/C10H14ClN3O3S/c1-6(2)13-10(15)14-18(16,17)9-5-7(11)3-4-8(9)12/h3-6H,12H2,1-2H3,(H2,13,14,15). The first kappa shape index (κ1) is 14.6. The number of carbonyl (C=O) groups is 1. The van der Waals surface area contributed by atoms with Crippen molar-refractivity contribution in [3.05, 3.63) is 23.2 Å². The van der Waals surface area contributed by atoms with Crippen molar-refractivity contribution >= 4 is 33.3 Å². The van der Waals surface area contributed by atoms with Crippen LogP contribution in [0.3, 0.4) is 0 Å². The van der Waals surface area contributed by atoms with E-state index in [9.17, 15) is 13.2 Å². The molecular formula is C10H14ClN3O3S. The molecule has 8 heteroatoms. The SMILES string of the molecule is CC(C)NC(=O)NS(=O)(=O)c1cc(Cl)ccc1N. The van der Waals surface area contributed by atoms with Gasteiger partial charge >= 0.3 is 6.03 Å². The number of hydrogen-bond acceptors (Lipinski definition) is 4. The van der Waals surface area contributed by atoms with E-state index in [1.165, 1.54) is 18.2 Å². The normalized spacial score (nSPS) is 11.3. The maximum atomic E-state index is 11.9. The van der Waals surface area contributed by atoms with E-state index in [1.54, 1.807) is 13.8 Å². The predicted molar refractivity (Wildman–Crippen MR) is 69.9 cm³/mol. The number of anilines is 1. The summed E-state index contributed by atoms with van der Waals surface area (Å²) in [6, 6.07) is 3.00. The lowest BCUT2D eigenvalue weighted by molar-refractivity contribution is 0.243. The van der Waals surface area contributed by atoms with Crippen LogP contribution in [0.2, 0.25) is 5.02 Å². The van der Waals surface area contributed by atoms with Gasteiger partial charge in [0.25, 0.3) is 10.0 Å². The monoisotopic (exact) mass is 291 g/mol. The molecule has 0 saturated carbocycles. The first-order valence-corrected chi connectivity index (χ1v) is 6.97. The van der Waals surface area contributed by atoms with Crippen LogP contribution in [0.5, 0.6) is 0 Å². The van der Waals surface area contributed by atoms with Gasteiger partial charge in [-0.3, -0.25) is 0 Å². The molecule has 1 rings (SSSR count). The van der Waals surface area contributed by atoms with Gasteiger partial charge in [-0.1, -0.05) is 11.6 Å². The number of rotatable bonds is 3. The van der Waals surface area contributed by atoms with Crippen LogP contribution in [-0.4, -0.2) is 20.5 Å². The lowest BCUT2D eigenvalue weighted by atomic mass is 10.3. The molecule has 0 saturated heterocycles. The maximum Gasteiger partial charge on any atom is 0.328 e. The molecular weight excluding hydrogens is 278 g/mol. The van der Waals surface area contributed by atoms with E-state index in [0.29, 0.717) is 0 Å². The van der Waals surface area contributed by atoms with Gasteiger partial charge in [0.15, 0.2) is 0 Å². The Labute approximate surface area is 111 Å². The number of urea groups is 1. The second kappa shape index (κ2) is 5.45. The van der Waals surface area contributed by atoms with Crippen LogP contribution in [0.25, 0.3) is 0 Å². The zero-order chi connectivity index (χ0) is 13.9. The number of nitrogens with one attached hydrogen (secondary N) is 2. The van der Waals surface area contributed by atoms with Gasteiger partial charge in [0.2, 0.25) is 0 Å². The van der Waals surface area contributed by atoms with Gasteiger partial charge in [-0.2, -0.15) is 0 Å². The zero-order valence-corrected chi connectivity index (χ0v) is 11.5. The third-order valence-electron chi connectivity index (χ3n) is 1.91. The van der Waals surface area contributed by atoms with E-state index in [0.717, 1.165) is 0 Å². The first-order chi connectivity index (χ1) is 8.22. The largest absolute Gasteiger partial charge is 0.398 e. The third-order valence-corrected chi connectivity index (χ3v) is 3.53. The Morgan fingerprint density at radius 1 is 1.39 bits per heavy atom. The molecule has 2 amide bonds. The highest BCUT2D eigenvalue weighted by molar-refractivity contribution is 7.90. The Morgan fingerprint density at radius 2 is 2.00 bits per heavy atom. The molecule has 1 aromatic rings. The van der Waals surface area contributed by atoms with Crippen molar-refractivity contribution in [2.75, 3.05) is 5.73 Å². The van der Waals surface area contributed by atoms with E-state index < -0.39 is 16.1 Å². The second-order valence-corrected chi connectivity index (χ2v) is 6.00. The number of amides is 2. The van der Waals surface area contributed by atoms with Crippen molar-refractivity contribution in [3.8, 4) is 0 Å². The zero-order valence-electron chi connectivity index (χ0n) is 9.90. The van der Waals surface area contributed by atoms with Gasteiger partial charge in [0, 0.05) is 11.1 Å².